The van der Waals surface area contributed by atoms with Gasteiger partial charge in [-0.3, -0.25) is 9.59 Å². The molecule has 3 aromatic carbocycles. The van der Waals surface area contributed by atoms with Gasteiger partial charge in [-0.1, -0.05) is 30.3 Å². The Morgan fingerprint density at radius 3 is 2.64 bits per heavy atom. The van der Waals surface area contributed by atoms with Gasteiger partial charge in [0.25, 0.3) is 0 Å². The molecule has 1 aromatic heterocycles. The highest BCUT2D eigenvalue weighted by Crippen LogP contribution is 2.62. The molecule has 4 heterocycles. The number of fused-ring (bicyclic) bond motifs is 7. The number of anilines is 1. The Morgan fingerprint density at radius 2 is 1.85 bits per heavy atom. The quantitative estimate of drug-likeness (QED) is 0.377. The number of amides is 2. The van der Waals surface area contributed by atoms with E-state index in [9.17, 15) is 20.0 Å². The van der Waals surface area contributed by atoms with E-state index in [1.165, 1.54) is 4.90 Å². The van der Waals surface area contributed by atoms with Crippen LogP contribution in [-0.4, -0.2) is 45.8 Å². The Labute approximate surface area is 224 Å². The lowest BCUT2D eigenvalue weighted by molar-refractivity contribution is -0.134. The summed E-state index contributed by atoms with van der Waals surface area (Å²) in [7, 11) is 0. The zero-order valence-electron chi connectivity index (χ0n) is 21.6. The second-order valence-electron chi connectivity index (χ2n) is 11.1. The van der Waals surface area contributed by atoms with Crippen molar-refractivity contribution in [2.24, 2.45) is 11.8 Å². The highest BCUT2D eigenvalue weighted by molar-refractivity contribution is 6.26. The van der Waals surface area contributed by atoms with Gasteiger partial charge < -0.3 is 19.6 Å². The summed E-state index contributed by atoms with van der Waals surface area (Å²) < 4.78 is 12.6. The molecule has 5 unspecified atom stereocenters. The minimum Gasteiger partial charge on any atom is -0.493 e. The van der Waals surface area contributed by atoms with Gasteiger partial charge in [-0.25, -0.2) is 4.90 Å². The molecule has 2 bridgehead atoms. The number of ether oxygens (including phenoxy) is 2. The average molecular weight is 522 g/mol. The van der Waals surface area contributed by atoms with Crippen LogP contribution in [-0.2, 0) is 14.3 Å². The van der Waals surface area contributed by atoms with Crippen molar-refractivity contribution < 1.29 is 24.2 Å². The summed E-state index contributed by atoms with van der Waals surface area (Å²) in [6, 6.07) is 20.6. The number of aromatic nitrogens is 1. The van der Waals surface area contributed by atoms with Crippen LogP contribution in [0.1, 0.15) is 31.0 Å². The maximum Gasteiger partial charge on any atom is 0.240 e. The molecule has 3 aliphatic heterocycles. The predicted molar refractivity (Wildman–Crippen MR) is 144 cm³/mol. The molecule has 3 aliphatic rings. The van der Waals surface area contributed by atoms with Gasteiger partial charge in [0.05, 0.1) is 47.5 Å². The Morgan fingerprint density at radius 1 is 1.08 bits per heavy atom. The minimum atomic E-state index is -1.17. The van der Waals surface area contributed by atoms with E-state index in [2.05, 4.69) is 11.1 Å². The molecule has 7 rings (SSSR count). The summed E-state index contributed by atoms with van der Waals surface area (Å²) >= 11 is 0. The first-order valence-corrected chi connectivity index (χ1v) is 13.2. The van der Waals surface area contributed by atoms with Gasteiger partial charge in [0.1, 0.15) is 11.4 Å². The molecule has 8 heteroatoms. The number of aryl methyl sites for hydroxylation is 1. The number of aromatic amines is 1. The van der Waals surface area contributed by atoms with E-state index in [1.807, 2.05) is 55.5 Å². The number of H-pyrrole nitrogens is 1. The number of hydrogen-bond acceptors (Lipinski definition) is 6. The largest absolute Gasteiger partial charge is 0.493 e. The average Bonchev–Trinajstić information content (AvgIpc) is 3.59. The molecule has 3 saturated heterocycles. The standard InChI is InChI=1S/C31H27N3O5/c1-17-14-21-22(33-17)8-5-9-24(21)38-13-12-31-15-25(35)30(2,39-31)26-27(31)29(37)34(28(26)36)23-11-10-18(16-32)19-6-3-4-7-20(19)23/h3-11,14,25-27,33,35H,12-13,15H2,1-2H3. The van der Waals surface area contributed by atoms with Crippen LogP contribution in [0.25, 0.3) is 21.7 Å². The number of nitrogens with one attached hydrogen (secondary N) is 1. The molecule has 5 atom stereocenters. The van der Waals surface area contributed by atoms with Crippen LogP contribution in [0.4, 0.5) is 5.69 Å². The van der Waals surface area contributed by atoms with Crippen LogP contribution in [0.2, 0.25) is 0 Å². The molecule has 196 valence electrons. The Bertz CT molecular complexity index is 1740. The van der Waals surface area contributed by atoms with Gasteiger partial charge in [-0.15, -0.1) is 0 Å². The first-order chi connectivity index (χ1) is 18.8. The van der Waals surface area contributed by atoms with Crippen LogP contribution in [0.3, 0.4) is 0 Å². The van der Waals surface area contributed by atoms with Gasteiger partial charge in [0, 0.05) is 40.2 Å². The molecule has 2 amide bonds. The lowest BCUT2D eigenvalue weighted by Gasteiger charge is -2.33. The first kappa shape index (κ1) is 23.9. The zero-order chi connectivity index (χ0) is 27.1. The molecule has 39 heavy (non-hydrogen) atoms. The van der Waals surface area contributed by atoms with E-state index in [0.717, 1.165) is 22.3 Å². The fourth-order valence-electron chi connectivity index (χ4n) is 7.16. The molecule has 0 radical (unpaired) electrons. The fourth-order valence-corrected chi connectivity index (χ4v) is 7.16. The summed E-state index contributed by atoms with van der Waals surface area (Å²) in [5.41, 5.74) is 0.734. The third kappa shape index (κ3) is 3.17. The monoisotopic (exact) mass is 521 g/mol. The van der Waals surface area contributed by atoms with E-state index in [4.69, 9.17) is 9.47 Å². The smallest absolute Gasteiger partial charge is 0.240 e. The SMILES string of the molecule is Cc1cc2c(OCCC34CC(O)C(C)(O3)C3C(=O)N(c5ccc(C#N)c6ccccc56)C(=O)C34)cccc2[nH]1. The van der Waals surface area contributed by atoms with Gasteiger partial charge >= 0.3 is 0 Å². The number of carbonyl (C=O) groups excluding carboxylic acids is 2. The van der Waals surface area contributed by atoms with Crippen LogP contribution in [0, 0.1) is 30.1 Å². The van der Waals surface area contributed by atoms with E-state index in [1.54, 1.807) is 19.1 Å². The number of hydrogen-bond donors (Lipinski definition) is 2. The Hall–Kier alpha value is -4.19. The van der Waals surface area contributed by atoms with Crippen LogP contribution in [0.15, 0.2) is 60.7 Å². The zero-order valence-corrected chi connectivity index (χ0v) is 21.6. The topological polar surface area (TPSA) is 116 Å². The summed E-state index contributed by atoms with van der Waals surface area (Å²) in [5, 5.41) is 22.9. The number of aliphatic hydroxyl groups is 1. The van der Waals surface area contributed by atoms with Crippen molar-refractivity contribution >= 4 is 39.2 Å². The highest BCUT2D eigenvalue weighted by Gasteiger charge is 2.77. The molecule has 4 aromatic rings. The predicted octanol–water partition coefficient (Wildman–Crippen LogP) is 4.37. The van der Waals surface area contributed by atoms with Crippen molar-refractivity contribution in [3.05, 3.63) is 71.9 Å². The van der Waals surface area contributed by atoms with Crippen LogP contribution in [0.5, 0.6) is 5.75 Å². The molecule has 0 aliphatic carbocycles. The molecule has 0 spiro atoms. The number of imide groups is 1. The van der Waals surface area contributed by atoms with Crippen molar-refractivity contribution in [3.63, 3.8) is 0 Å². The van der Waals surface area contributed by atoms with Crippen LogP contribution < -0.4 is 9.64 Å². The molecular formula is C31H27N3O5. The lowest BCUT2D eigenvalue weighted by Crippen LogP contribution is -2.49. The van der Waals surface area contributed by atoms with Crippen molar-refractivity contribution in [3.8, 4) is 11.8 Å². The van der Waals surface area contributed by atoms with Gasteiger partial charge in [-0.05, 0) is 44.2 Å². The van der Waals surface area contributed by atoms with Crippen molar-refractivity contribution in [2.45, 2.75) is 44.0 Å². The third-order valence-electron chi connectivity index (χ3n) is 8.92. The number of aliphatic hydroxyl groups excluding tert-OH is 1. The Kier molecular flexibility index (Phi) is 5.00. The molecule has 3 fully saturated rings. The van der Waals surface area contributed by atoms with E-state index in [0.29, 0.717) is 28.4 Å². The first-order valence-electron chi connectivity index (χ1n) is 13.2. The van der Waals surface area contributed by atoms with E-state index in [-0.39, 0.29) is 24.8 Å². The second-order valence-corrected chi connectivity index (χ2v) is 11.1. The van der Waals surface area contributed by atoms with Crippen LogP contribution >= 0.6 is 0 Å². The lowest BCUT2D eigenvalue weighted by atomic mass is 9.66. The number of benzene rings is 3. The van der Waals surface area contributed by atoms with E-state index >= 15 is 0 Å². The maximum atomic E-state index is 14.1. The van der Waals surface area contributed by atoms with Crippen molar-refractivity contribution in [2.75, 3.05) is 11.5 Å². The highest BCUT2D eigenvalue weighted by atomic mass is 16.6. The number of nitriles is 1. The summed E-state index contributed by atoms with van der Waals surface area (Å²) in [6.45, 7) is 3.98. The second kappa shape index (κ2) is 8.15. The summed E-state index contributed by atoms with van der Waals surface area (Å²) in [5.74, 6) is -1.53. The molecule has 2 N–H and O–H groups in total. The summed E-state index contributed by atoms with van der Waals surface area (Å²) in [4.78, 5) is 32.6. The number of rotatable bonds is 5. The van der Waals surface area contributed by atoms with E-state index < -0.39 is 29.1 Å². The molecular weight excluding hydrogens is 494 g/mol. The van der Waals surface area contributed by atoms with Gasteiger partial charge in [-0.2, -0.15) is 5.26 Å². The number of nitrogens with zero attached hydrogens (tertiary/aromatic N) is 2. The molecule has 8 nitrogen and oxygen atoms in total. The maximum absolute atomic E-state index is 14.1. The number of carbonyl (C=O) groups is 2. The van der Waals surface area contributed by atoms with Gasteiger partial charge in [0.15, 0.2) is 0 Å². The van der Waals surface area contributed by atoms with Crippen molar-refractivity contribution in [1.82, 2.24) is 4.98 Å². The van der Waals surface area contributed by atoms with Gasteiger partial charge in [0.2, 0.25) is 11.8 Å². The fraction of sp³-hybridized carbons (Fsp3) is 0.323. The molecule has 0 saturated carbocycles. The minimum absolute atomic E-state index is 0.252. The Balaban J connectivity index is 1.23. The van der Waals surface area contributed by atoms with Crippen molar-refractivity contribution in [1.29, 1.82) is 5.26 Å². The third-order valence-corrected chi connectivity index (χ3v) is 8.92. The normalized spacial score (nSPS) is 29.4. The summed E-state index contributed by atoms with van der Waals surface area (Å²) in [6.07, 6.45) is -0.284.